The molecular formula is C16H42OSi4. The first kappa shape index (κ1) is 13.2. The van der Waals surface area contributed by atoms with E-state index in [0.717, 1.165) is 0 Å². The van der Waals surface area contributed by atoms with Gasteiger partial charge in [-0.15, -0.1) is 0 Å². The summed E-state index contributed by atoms with van der Waals surface area (Å²) in [6, 6.07) is 0. The van der Waals surface area contributed by atoms with Crippen LogP contribution in [-0.2, 0) is 4.43 Å². The summed E-state index contributed by atoms with van der Waals surface area (Å²) in [5, 5.41) is 0. The average Bonchev–Trinajstić information content (AvgIpc) is 2.16. The highest BCUT2D eigenvalue weighted by atomic mass is 28.5. The smallest absolute Gasteiger partial charge is 0.185 e. The third-order valence-electron chi connectivity index (χ3n) is 4.46. The van der Waals surface area contributed by atoms with Gasteiger partial charge in [0.15, 0.2) is 8.32 Å². The summed E-state index contributed by atoms with van der Waals surface area (Å²) in [7, 11) is -11.3. The van der Waals surface area contributed by atoms with Crippen LogP contribution in [0.15, 0.2) is 0 Å². The van der Waals surface area contributed by atoms with Gasteiger partial charge in [-0.25, -0.2) is 0 Å². The Kier molecular flexibility index (Phi) is 3.58. The lowest BCUT2D eigenvalue weighted by atomic mass is 10.2. The third kappa shape index (κ3) is 4.03. The quantitative estimate of drug-likeness (QED) is 0.511. The molecule has 0 aliphatic rings. The van der Waals surface area contributed by atoms with E-state index in [-0.39, 0.29) is 0 Å². The molecule has 0 atom stereocenters. The molecule has 0 aromatic carbocycles. The lowest BCUT2D eigenvalue weighted by Gasteiger charge is -2.65. The standard InChI is InChI=1S/C16H42OSi4/c1-15(2,3)17-21(13,14)16(18(4,5)6,19(7,8)9)20(10,11)12/h1-14H3/i4D3,5D3. The maximum atomic E-state index is 8.51. The number of hydrogen-bond acceptors (Lipinski definition) is 1. The van der Waals surface area contributed by atoms with Crippen molar-refractivity contribution in [2.24, 2.45) is 0 Å². The van der Waals surface area contributed by atoms with Crippen LogP contribution < -0.4 is 0 Å². The Morgan fingerprint density at radius 2 is 1.00 bits per heavy atom. The highest BCUT2D eigenvalue weighted by molar-refractivity contribution is 7.28. The zero-order valence-corrected chi connectivity index (χ0v) is 20.4. The highest BCUT2D eigenvalue weighted by Gasteiger charge is 2.68. The van der Waals surface area contributed by atoms with Gasteiger partial charge in [0.1, 0.15) is 0 Å². The fourth-order valence-electron chi connectivity index (χ4n) is 5.88. The molecule has 0 fully saturated rings. The van der Waals surface area contributed by atoms with Crippen LogP contribution in [0.4, 0.5) is 0 Å². The van der Waals surface area contributed by atoms with Crippen LogP contribution in [0.1, 0.15) is 29.0 Å². The molecule has 0 amide bonds. The number of rotatable bonds is 5. The third-order valence-corrected chi connectivity index (χ3v) is 36.8. The van der Waals surface area contributed by atoms with E-state index in [1.807, 2.05) is 20.8 Å². The van der Waals surface area contributed by atoms with Gasteiger partial charge in [0.2, 0.25) is 0 Å². The molecule has 0 aromatic rings. The van der Waals surface area contributed by atoms with E-state index >= 15 is 0 Å². The normalized spacial score (nSPS) is 21.7. The Labute approximate surface area is 147 Å². The molecule has 1 nitrogen and oxygen atoms in total. The molecule has 0 aliphatic heterocycles. The van der Waals surface area contributed by atoms with Crippen LogP contribution in [-0.4, -0.2) is 38.1 Å². The van der Waals surface area contributed by atoms with Crippen molar-refractivity contribution in [1.82, 2.24) is 0 Å². The molecule has 0 saturated heterocycles. The second-order valence-electron chi connectivity index (χ2n) is 10.1. The lowest BCUT2D eigenvalue weighted by molar-refractivity contribution is 0.119. The molecule has 0 radical (unpaired) electrons. The van der Waals surface area contributed by atoms with E-state index in [0.29, 0.717) is 0 Å². The van der Waals surface area contributed by atoms with E-state index in [4.69, 9.17) is 12.7 Å². The Hall–Kier alpha value is 0.828. The molecule has 0 heterocycles. The van der Waals surface area contributed by atoms with Crippen LogP contribution >= 0.6 is 0 Å². The summed E-state index contributed by atoms with van der Waals surface area (Å²) < 4.78 is 57.1. The topological polar surface area (TPSA) is 9.23 Å². The summed E-state index contributed by atoms with van der Waals surface area (Å²) in [6.07, 6.45) is 0. The summed E-state index contributed by atoms with van der Waals surface area (Å²) in [4.78, 5) is 0. The molecule has 0 aromatic heterocycles. The first-order valence-corrected chi connectivity index (χ1v) is 20.3. The van der Waals surface area contributed by atoms with Crippen molar-refractivity contribution in [1.29, 1.82) is 0 Å². The van der Waals surface area contributed by atoms with Gasteiger partial charge in [-0.05, 0) is 37.8 Å². The van der Waals surface area contributed by atoms with Gasteiger partial charge in [-0.2, -0.15) is 0 Å². The second kappa shape index (κ2) is 5.72. The summed E-state index contributed by atoms with van der Waals surface area (Å²) in [6.45, 7) is 19.9. The van der Waals surface area contributed by atoms with Gasteiger partial charge in [-0.3, -0.25) is 0 Å². The Morgan fingerprint density at radius 1 is 0.667 bits per heavy atom. The predicted molar refractivity (Wildman–Crippen MR) is 111 cm³/mol. The first-order valence-electron chi connectivity index (χ1n) is 10.9. The maximum Gasteiger partial charge on any atom is 0.185 e. The fraction of sp³-hybridized carbons (Fsp3) is 1.00. The molecule has 0 saturated carbocycles. The van der Waals surface area contributed by atoms with Crippen molar-refractivity contribution < 1.29 is 12.7 Å². The Morgan fingerprint density at radius 3 is 1.19 bits per heavy atom. The lowest BCUT2D eigenvalue weighted by Crippen LogP contribution is -2.77. The van der Waals surface area contributed by atoms with E-state index in [9.17, 15) is 0 Å². The largest absolute Gasteiger partial charge is 0.413 e. The zero-order valence-electron chi connectivity index (χ0n) is 22.4. The monoisotopic (exact) mass is 368 g/mol. The van der Waals surface area contributed by atoms with Gasteiger partial charge >= 0.3 is 0 Å². The molecule has 0 N–H and O–H groups in total. The van der Waals surface area contributed by atoms with Gasteiger partial charge < -0.3 is 4.43 Å². The van der Waals surface area contributed by atoms with E-state index in [2.05, 4.69) is 52.4 Å². The van der Waals surface area contributed by atoms with Gasteiger partial charge in [0.05, 0.1) is 0 Å². The minimum Gasteiger partial charge on any atom is -0.413 e. The highest BCUT2D eigenvalue weighted by Crippen LogP contribution is 2.60. The number of hydrogen-bond donors (Lipinski definition) is 0. The zero-order chi connectivity index (χ0) is 22.7. The van der Waals surface area contributed by atoms with Crippen molar-refractivity contribution in [3.63, 3.8) is 0 Å². The average molecular weight is 369 g/mol. The fourth-order valence-corrected chi connectivity index (χ4v) is 48.3. The Bertz CT molecular complexity index is 508. The van der Waals surface area contributed by atoms with Crippen LogP contribution in [0.2, 0.25) is 75.8 Å². The maximum absolute atomic E-state index is 8.51. The molecule has 5 heteroatoms. The van der Waals surface area contributed by atoms with Crippen LogP contribution in [0.25, 0.3) is 0 Å². The minimum atomic E-state index is -3.88. The molecule has 0 spiro atoms. The summed E-state index contributed by atoms with van der Waals surface area (Å²) >= 11 is 0. The molecular weight excluding hydrogens is 321 g/mol. The van der Waals surface area contributed by atoms with E-state index in [1.54, 1.807) is 6.55 Å². The molecule has 21 heavy (non-hydrogen) atoms. The molecule has 0 rings (SSSR count). The van der Waals surface area contributed by atoms with Gasteiger partial charge in [0.25, 0.3) is 0 Å². The van der Waals surface area contributed by atoms with Crippen LogP contribution in [0, 0.1) is 0 Å². The van der Waals surface area contributed by atoms with Crippen molar-refractivity contribution in [2.45, 2.75) is 102 Å². The molecule has 0 bridgehead atoms. The van der Waals surface area contributed by atoms with Gasteiger partial charge in [0, 0.05) is 38.0 Å². The van der Waals surface area contributed by atoms with Crippen LogP contribution in [0.3, 0.4) is 0 Å². The first-order chi connectivity index (χ1) is 11.2. The van der Waals surface area contributed by atoms with Crippen molar-refractivity contribution in [3.05, 3.63) is 0 Å². The van der Waals surface area contributed by atoms with Crippen molar-refractivity contribution >= 4 is 32.5 Å². The van der Waals surface area contributed by atoms with Gasteiger partial charge in [-0.1, -0.05) is 58.8 Å². The summed E-state index contributed by atoms with van der Waals surface area (Å²) in [5.41, 5.74) is -0.445. The van der Waals surface area contributed by atoms with Crippen LogP contribution in [0.5, 0.6) is 0 Å². The molecule has 0 aliphatic carbocycles. The minimum absolute atomic E-state index is 0.445. The predicted octanol–water partition coefficient (Wildman–Crippen LogP) is 6.38. The molecule has 0 unspecified atom stereocenters. The van der Waals surface area contributed by atoms with Crippen molar-refractivity contribution in [2.75, 3.05) is 0 Å². The Balaban J connectivity index is 7.69. The SMILES string of the molecule is [2H]C([2H])([2H])[Si](C)(C([2H])([2H])[2H])C([Si](C)(C)C)([Si](C)(C)C)[Si](C)(C)OC(C)(C)C. The van der Waals surface area contributed by atoms with E-state index < -0.39 is 55.0 Å². The van der Waals surface area contributed by atoms with Crippen molar-refractivity contribution in [3.8, 4) is 0 Å². The van der Waals surface area contributed by atoms with E-state index in [1.165, 1.54) is 0 Å². The summed E-state index contributed by atoms with van der Waals surface area (Å²) in [5.74, 6) is 0. The molecule has 128 valence electrons. The second-order valence-corrected chi connectivity index (χ2v) is 30.6.